The summed E-state index contributed by atoms with van der Waals surface area (Å²) in [6, 6.07) is 4.75. The van der Waals surface area contributed by atoms with Gasteiger partial charge in [0.05, 0.1) is 17.3 Å². The normalized spacial score (nSPS) is 9.69. The van der Waals surface area contributed by atoms with Crippen LogP contribution < -0.4 is 5.32 Å². The van der Waals surface area contributed by atoms with Gasteiger partial charge in [-0.3, -0.25) is 9.59 Å². The van der Waals surface area contributed by atoms with Crippen LogP contribution in [0.4, 0.5) is 5.69 Å². The summed E-state index contributed by atoms with van der Waals surface area (Å²) in [6.45, 7) is -0.0253. The molecule has 2 amide bonds. The molecule has 16 heavy (non-hydrogen) atoms. The summed E-state index contributed by atoms with van der Waals surface area (Å²) in [5.74, 6) is -0.321. The van der Waals surface area contributed by atoms with Crippen LogP contribution in [-0.4, -0.2) is 30.8 Å². The van der Waals surface area contributed by atoms with Crippen molar-refractivity contribution in [2.24, 2.45) is 0 Å². The number of hydrogen-bond acceptors (Lipinski definition) is 2. The number of likely N-dealkylation sites (N-methyl/N-ethyl adjacent to an activating group) is 1. The maximum atomic E-state index is 11.4. The highest BCUT2D eigenvalue weighted by molar-refractivity contribution is 6.36. The number of anilines is 1. The van der Waals surface area contributed by atoms with E-state index in [1.54, 1.807) is 12.1 Å². The van der Waals surface area contributed by atoms with E-state index in [0.717, 1.165) is 0 Å². The molecule has 4 nitrogen and oxygen atoms in total. The number of amides is 2. The standard InChI is InChI=1S/C10H10Cl2N2O2/c1-14(6-15)5-10(16)13-9-3-2-7(11)4-8(9)12/h2-4,6H,5H2,1H3,(H,13,16). The minimum atomic E-state index is -0.321. The Labute approximate surface area is 103 Å². The number of halogens is 2. The predicted molar refractivity (Wildman–Crippen MR) is 63.8 cm³/mol. The molecule has 0 atom stereocenters. The summed E-state index contributed by atoms with van der Waals surface area (Å²) >= 11 is 11.6. The minimum Gasteiger partial charge on any atom is -0.339 e. The van der Waals surface area contributed by atoms with Crippen LogP contribution in [0.25, 0.3) is 0 Å². The lowest BCUT2D eigenvalue weighted by molar-refractivity contribution is -0.124. The van der Waals surface area contributed by atoms with Crippen LogP contribution >= 0.6 is 23.2 Å². The Morgan fingerprint density at radius 3 is 2.75 bits per heavy atom. The molecule has 0 unspecified atom stereocenters. The Bertz CT molecular complexity index is 410. The SMILES string of the molecule is CN(C=O)CC(=O)Nc1ccc(Cl)cc1Cl. The van der Waals surface area contributed by atoms with Gasteiger partial charge in [0.2, 0.25) is 12.3 Å². The van der Waals surface area contributed by atoms with E-state index < -0.39 is 0 Å². The summed E-state index contributed by atoms with van der Waals surface area (Å²) < 4.78 is 0. The smallest absolute Gasteiger partial charge is 0.244 e. The summed E-state index contributed by atoms with van der Waals surface area (Å²) in [4.78, 5) is 22.9. The van der Waals surface area contributed by atoms with Gasteiger partial charge in [-0.25, -0.2) is 0 Å². The molecule has 0 spiro atoms. The largest absolute Gasteiger partial charge is 0.339 e. The summed E-state index contributed by atoms with van der Waals surface area (Å²) in [6.07, 6.45) is 0.572. The molecule has 1 N–H and O–H groups in total. The average molecular weight is 261 g/mol. The van der Waals surface area contributed by atoms with E-state index in [2.05, 4.69) is 5.32 Å². The zero-order valence-electron chi connectivity index (χ0n) is 8.54. The van der Waals surface area contributed by atoms with Gasteiger partial charge in [0.25, 0.3) is 0 Å². The number of carbonyl (C=O) groups is 2. The molecule has 0 aromatic heterocycles. The molecule has 0 bridgehead atoms. The molecule has 1 aromatic carbocycles. The Kier molecular flexibility index (Phi) is 4.58. The van der Waals surface area contributed by atoms with Crippen molar-refractivity contribution >= 4 is 41.2 Å². The predicted octanol–water partition coefficient (Wildman–Crippen LogP) is 2.02. The highest BCUT2D eigenvalue weighted by atomic mass is 35.5. The topological polar surface area (TPSA) is 49.4 Å². The molecule has 6 heteroatoms. The Hall–Kier alpha value is -1.26. The number of rotatable bonds is 4. The van der Waals surface area contributed by atoms with Gasteiger partial charge < -0.3 is 10.2 Å². The monoisotopic (exact) mass is 260 g/mol. The maximum Gasteiger partial charge on any atom is 0.244 e. The lowest BCUT2D eigenvalue weighted by Gasteiger charge is -2.11. The van der Waals surface area contributed by atoms with Crippen molar-refractivity contribution in [2.75, 3.05) is 18.9 Å². The molecule has 0 heterocycles. The van der Waals surface area contributed by atoms with Crippen LogP contribution in [0, 0.1) is 0 Å². The summed E-state index contributed by atoms with van der Waals surface area (Å²) in [5, 5.41) is 3.42. The fourth-order valence-corrected chi connectivity index (χ4v) is 1.50. The molecule has 0 saturated heterocycles. The Morgan fingerprint density at radius 1 is 1.50 bits per heavy atom. The molecule has 1 aromatic rings. The minimum absolute atomic E-state index is 0.0253. The van der Waals surface area contributed by atoms with Crippen molar-refractivity contribution in [3.8, 4) is 0 Å². The van der Waals surface area contributed by atoms with E-state index in [-0.39, 0.29) is 12.5 Å². The quantitative estimate of drug-likeness (QED) is 0.843. The average Bonchev–Trinajstić information content (AvgIpc) is 2.22. The first-order valence-electron chi connectivity index (χ1n) is 4.43. The van der Waals surface area contributed by atoms with Gasteiger partial charge >= 0.3 is 0 Å². The first kappa shape index (κ1) is 12.8. The molecule has 86 valence electrons. The lowest BCUT2D eigenvalue weighted by atomic mass is 10.3. The van der Waals surface area contributed by atoms with E-state index in [9.17, 15) is 9.59 Å². The highest BCUT2D eigenvalue weighted by Gasteiger charge is 2.07. The third-order valence-electron chi connectivity index (χ3n) is 1.78. The molecule has 0 aliphatic rings. The molecule has 0 aliphatic heterocycles. The second-order valence-electron chi connectivity index (χ2n) is 3.19. The van der Waals surface area contributed by atoms with Crippen molar-refractivity contribution in [3.63, 3.8) is 0 Å². The third kappa shape index (κ3) is 3.72. The van der Waals surface area contributed by atoms with Gasteiger partial charge in [-0.05, 0) is 18.2 Å². The molecule has 0 fully saturated rings. The lowest BCUT2D eigenvalue weighted by Crippen LogP contribution is -2.29. The fourth-order valence-electron chi connectivity index (χ4n) is 1.04. The number of nitrogens with one attached hydrogen (secondary N) is 1. The van der Waals surface area contributed by atoms with Crippen LogP contribution in [0.2, 0.25) is 10.0 Å². The van der Waals surface area contributed by atoms with Crippen molar-refractivity contribution in [2.45, 2.75) is 0 Å². The Balaban J connectivity index is 2.66. The van der Waals surface area contributed by atoms with Crippen molar-refractivity contribution in [3.05, 3.63) is 28.2 Å². The number of benzene rings is 1. The van der Waals surface area contributed by atoms with Gasteiger partial charge in [-0.1, -0.05) is 23.2 Å². The zero-order chi connectivity index (χ0) is 12.1. The first-order valence-corrected chi connectivity index (χ1v) is 5.19. The van der Waals surface area contributed by atoms with E-state index in [4.69, 9.17) is 23.2 Å². The number of nitrogens with zero attached hydrogens (tertiary/aromatic N) is 1. The fraction of sp³-hybridized carbons (Fsp3) is 0.200. The first-order chi connectivity index (χ1) is 7.52. The van der Waals surface area contributed by atoms with Crippen LogP contribution in [0.1, 0.15) is 0 Å². The van der Waals surface area contributed by atoms with Gasteiger partial charge in [-0.15, -0.1) is 0 Å². The van der Waals surface area contributed by atoms with Crippen molar-refractivity contribution in [1.29, 1.82) is 0 Å². The van der Waals surface area contributed by atoms with E-state index in [0.29, 0.717) is 22.1 Å². The van der Waals surface area contributed by atoms with Crippen LogP contribution in [0.3, 0.4) is 0 Å². The maximum absolute atomic E-state index is 11.4. The van der Waals surface area contributed by atoms with Crippen molar-refractivity contribution < 1.29 is 9.59 Å². The number of carbonyl (C=O) groups excluding carboxylic acids is 2. The number of hydrogen-bond donors (Lipinski definition) is 1. The summed E-state index contributed by atoms with van der Waals surface area (Å²) in [5.41, 5.74) is 0.468. The van der Waals surface area contributed by atoms with Crippen LogP contribution in [-0.2, 0) is 9.59 Å². The molecule has 0 radical (unpaired) electrons. The van der Waals surface area contributed by atoms with Gasteiger partial charge in [0.1, 0.15) is 0 Å². The van der Waals surface area contributed by atoms with Crippen molar-refractivity contribution in [1.82, 2.24) is 4.90 Å². The zero-order valence-corrected chi connectivity index (χ0v) is 10.0. The molecule has 0 saturated carbocycles. The third-order valence-corrected chi connectivity index (χ3v) is 2.33. The second kappa shape index (κ2) is 5.72. The molecular formula is C10H10Cl2N2O2. The van der Waals surface area contributed by atoms with E-state index in [1.165, 1.54) is 18.0 Å². The van der Waals surface area contributed by atoms with E-state index >= 15 is 0 Å². The summed E-state index contributed by atoms with van der Waals surface area (Å²) in [7, 11) is 1.51. The van der Waals surface area contributed by atoms with Crippen LogP contribution in [0.5, 0.6) is 0 Å². The van der Waals surface area contributed by atoms with E-state index in [1.807, 2.05) is 0 Å². The van der Waals surface area contributed by atoms with Gasteiger partial charge in [0, 0.05) is 12.1 Å². The van der Waals surface area contributed by atoms with Crippen LogP contribution in [0.15, 0.2) is 18.2 Å². The molecule has 0 aliphatic carbocycles. The van der Waals surface area contributed by atoms with Gasteiger partial charge in [0.15, 0.2) is 0 Å². The van der Waals surface area contributed by atoms with Gasteiger partial charge in [-0.2, -0.15) is 0 Å². The molecular weight excluding hydrogens is 251 g/mol. The second-order valence-corrected chi connectivity index (χ2v) is 4.04. The molecule has 1 rings (SSSR count). The highest BCUT2D eigenvalue weighted by Crippen LogP contribution is 2.25. The Morgan fingerprint density at radius 2 is 2.19 bits per heavy atom.